The molecule has 1 aromatic heterocycles. The van der Waals surface area contributed by atoms with Gasteiger partial charge in [0.25, 0.3) is 0 Å². The molecule has 26 heavy (non-hydrogen) atoms. The van der Waals surface area contributed by atoms with Crippen molar-refractivity contribution >= 4 is 62.3 Å². The minimum Gasteiger partial charge on any atom is -0.463 e. The number of rotatable bonds is 5. The summed E-state index contributed by atoms with van der Waals surface area (Å²) >= 11 is 17.3. The molecule has 2 aromatic rings. The number of halogens is 3. The van der Waals surface area contributed by atoms with Crippen LogP contribution in [0, 0.1) is 0 Å². The molecule has 5 nitrogen and oxygen atoms in total. The highest BCUT2D eigenvalue weighted by atomic mass is 79.9. The maximum atomic E-state index is 12.6. The van der Waals surface area contributed by atoms with Crippen LogP contribution in [0.1, 0.15) is 23.5 Å². The third-order valence-corrected chi connectivity index (χ3v) is 5.55. The van der Waals surface area contributed by atoms with Gasteiger partial charge < -0.3 is 10.1 Å². The van der Waals surface area contributed by atoms with Crippen molar-refractivity contribution in [2.75, 3.05) is 11.9 Å². The predicted octanol–water partition coefficient (Wildman–Crippen LogP) is 4.75. The van der Waals surface area contributed by atoms with Crippen LogP contribution < -0.4 is 5.32 Å². The molecule has 1 N–H and O–H groups in total. The molecule has 3 rings (SSSR count). The molecule has 1 aliphatic heterocycles. The van der Waals surface area contributed by atoms with Gasteiger partial charge in [0, 0.05) is 38.2 Å². The van der Waals surface area contributed by atoms with Gasteiger partial charge in [-0.25, -0.2) is 9.78 Å². The quantitative estimate of drug-likeness (QED) is 0.501. The fourth-order valence-corrected chi connectivity index (χ4v) is 4.09. The number of nitrogens with zero attached hydrogens (tertiary/aromatic N) is 2. The second-order valence-corrected chi connectivity index (χ2v) is 7.55. The first kappa shape index (κ1) is 19.4. The number of hydrogen-bond acceptors (Lipinski definition) is 6. The van der Waals surface area contributed by atoms with E-state index in [1.165, 1.54) is 11.3 Å². The zero-order valence-corrected chi connectivity index (χ0v) is 17.5. The summed E-state index contributed by atoms with van der Waals surface area (Å²) in [6, 6.07) is 4.51. The van der Waals surface area contributed by atoms with Gasteiger partial charge in [0.05, 0.1) is 12.2 Å². The number of benzene rings is 1. The van der Waals surface area contributed by atoms with E-state index in [0.717, 1.165) is 5.01 Å². The summed E-state index contributed by atoms with van der Waals surface area (Å²) in [4.78, 5) is 21.6. The van der Waals surface area contributed by atoms with E-state index in [1.54, 1.807) is 31.3 Å². The number of hydrogen-bond donors (Lipinski definition) is 1. The van der Waals surface area contributed by atoms with Crippen molar-refractivity contribution in [1.82, 2.24) is 10.3 Å². The van der Waals surface area contributed by atoms with Gasteiger partial charge >= 0.3 is 5.97 Å². The molecule has 136 valence electrons. The van der Waals surface area contributed by atoms with Crippen LogP contribution in [0.25, 0.3) is 0 Å². The summed E-state index contributed by atoms with van der Waals surface area (Å²) in [5, 5.41) is 7.14. The van der Waals surface area contributed by atoms with Crippen LogP contribution in [-0.4, -0.2) is 28.7 Å². The van der Waals surface area contributed by atoms with Gasteiger partial charge in [-0.15, -0.1) is 11.3 Å². The summed E-state index contributed by atoms with van der Waals surface area (Å²) in [5.41, 5.74) is 1.75. The number of ether oxygens (including phenoxy) is 1. The molecule has 2 heterocycles. The molecule has 0 fully saturated rings. The molecule has 1 aromatic carbocycles. The molecule has 9 heteroatoms. The minimum atomic E-state index is -0.619. The molecule has 0 radical (unpaired) electrons. The lowest BCUT2D eigenvalue weighted by Crippen LogP contribution is -2.34. The Balaban J connectivity index is 2.15. The number of thiazole rings is 1. The number of nitrogens with one attached hydrogen (secondary N) is 1. The molecule has 0 amide bonds. The number of carbonyl (C=O) groups excluding carboxylic acids is 1. The normalized spacial score (nSPS) is 16.9. The van der Waals surface area contributed by atoms with Gasteiger partial charge in [-0.2, -0.15) is 0 Å². The standard InChI is InChI=1S/C17H14BrCl2N3O2S/c1-2-25-17(24)13-12(8-18)22-15(16-21-5-6-26-16)23-14(13)10-4-3-9(19)7-11(10)20/h3-7,14H,2,8H2,1H3,(H,22,23)/t14-/m1/s1. The number of esters is 1. The van der Waals surface area contributed by atoms with E-state index in [4.69, 9.17) is 32.9 Å². The van der Waals surface area contributed by atoms with Crippen molar-refractivity contribution in [3.05, 3.63) is 61.7 Å². The van der Waals surface area contributed by atoms with Crippen LogP contribution in [-0.2, 0) is 9.53 Å². The largest absolute Gasteiger partial charge is 0.463 e. The first-order valence-corrected chi connectivity index (χ1v) is 10.5. The van der Waals surface area contributed by atoms with Gasteiger partial charge in [-0.1, -0.05) is 45.2 Å². The number of allylic oxidation sites excluding steroid dienone is 1. The SMILES string of the molecule is CCOC(=O)C1=C(CBr)NC(c2nccs2)=N[C@@H]1c1ccc(Cl)cc1Cl. The molecule has 0 aliphatic carbocycles. The van der Waals surface area contributed by atoms with Crippen molar-refractivity contribution in [3.63, 3.8) is 0 Å². The molecule has 1 aliphatic rings. The van der Waals surface area contributed by atoms with Gasteiger partial charge in [-0.05, 0) is 19.1 Å². The van der Waals surface area contributed by atoms with Gasteiger partial charge in [0.1, 0.15) is 6.04 Å². The molecule has 1 atom stereocenters. The fourth-order valence-electron chi connectivity index (χ4n) is 2.55. The van der Waals surface area contributed by atoms with Crippen LogP contribution in [0.3, 0.4) is 0 Å². The molecular formula is C17H14BrCl2N3O2S. The maximum absolute atomic E-state index is 12.6. The van der Waals surface area contributed by atoms with Gasteiger partial charge in [-0.3, -0.25) is 4.99 Å². The van der Waals surface area contributed by atoms with Gasteiger partial charge in [0.2, 0.25) is 0 Å². The Morgan fingerprint density at radius 1 is 1.42 bits per heavy atom. The Morgan fingerprint density at radius 3 is 2.85 bits per heavy atom. The van der Waals surface area contributed by atoms with Crippen molar-refractivity contribution in [3.8, 4) is 0 Å². The zero-order valence-electron chi connectivity index (χ0n) is 13.6. The van der Waals surface area contributed by atoms with E-state index < -0.39 is 12.0 Å². The van der Waals surface area contributed by atoms with Crippen LogP contribution >= 0.6 is 50.5 Å². The summed E-state index contributed by atoms with van der Waals surface area (Å²) in [7, 11) is 0. The third kappa shape index (κ3) is 3.96. The Hall–Kier alpha value is -1.41. The number of aromatic nitrogens is 1. The molecule has 0 bridgehead atoms. The molecule has 0 spiro atoms. The summed E-state index contributed by atoms with van der Waals surface area (Å²) in [5.74, 6) is 0.144. The van der Waals surface area contributed by atoms with Crippen LogP contribution in [0.5, 0.6) is 0 Å². The van der Waals surface area contributed by atoms with Crippen molar-refractivity contribution in [2.24, 2.45) is 4.99 Å². The molecule has 0 saturated carbocycles. The maximum Gasteiger partial charge on any atom is 0.338 e. The van der Waals surface area contributed by atoms with Crippen molar-refractivity contribution < 1.29 is 9.53 Å². The van der Waals surface area contributed by atoms with E-state index in [-0.39, 0.29) is 6.61 Å². The van der Waals surface area contributed by atoms with Crippen LogP contribution in [0.2, 0.25) is 10.0 Å². The average molecular weight is 475 g/mol. The summed E-state index contributed by atoms with van der Waals surface area (Å²) < 4.78 is 5.25. The highest BCUT2D eigenvalue weighted by molar-refractivity contribution is 9.09. The van der Waals surface area contributed by atoms with Crippen LogP contribution in [0.4, 0.5) is 0 Å². The average Bonchev–Trinajstić information content (AvgIpc) is 3.15. The summed E-state index contributed by atoms with van der Waals surface area (Å²) in [6.45, 7) is 2.03. The highest BCUT2D eigenvalue weighted by Crippen LogP contribution is 2.37. The predicted molar refractivity (Wildman–Crippen MR) is 108 cm³/mol. The molecule has 0 saturated heterocycles. The second kappa shape index (κ2) is 8.52. The Morgan fingerprint density at radius 2 is 2.23 bits per heavy atom. The monoisotopic (exact) mass is 473 g/mol. The number of aliphatic imine (C=N–C) groups is 1. The Labute approximate surface area is 173 Å². The van der Waals surface area contributed by atoms with E-state index >= 15 is 0 Å². The van der Waals surface area contributed by atoms with Crippen LogP contribution in [0.15, 0.2) is 46.0 Å². The lowest BCUT2D eigenvalue weighted by atomic mass is 9.96. The van der Waals surface area contributed by atoms with E-state index in [2.05, 4.69) is 26.2 Å². The smallest absolute Gasteiger partial charge is 0.338 e. The third-order valence-electron chi connectivity index (χ3n) is 3.65. The molecule has 0 unspecified atom stereocenters. The first-order valence-electron chi connectivity index (χ1n) is 7.70. The summed E-state index contributed by atoms with van der Waals surface area (Å²) in [6.07, 6.45) is 1.70. The number of amidine groups is 1. The topological polar surface area (TPSA) is 63.6 Å². The van der Waals surface area contributed by atoms with Crippen molar-refractivity contribution in [2.45, 2.75) is 13.0 Å². The van der Waals surface area contributed by atoms with E-state index in [1.807, 2.05) is 5.38 Å². The first-order chi connectivity index (χ1) is 12.5. The lowest BCUT2D eigenvalue weighted by molar-refractivity contribution is -0.138. The Bertz CT molecular complexity index is 884. The minimum absolute atomic E-state index is 0.266. The van der Waals surface area contributed by atoms with E-state index in [9.17, 15) is 4.79 Å². The van der Waals surface area contributed by atoms with Crippen molar-refractivity contribution in [1.29, 1.82) is 0 Å². The highest BCUT2D eigenvalue weighted by Gasteiger charge is 2.33. The zero-order chi connectivity index (χ0) is 18.7. The van der Waals surface area contributed by atoms with Gasteiger partial charge in [0.15, 0.2) is 10.8 Å². The molecular weight excluding hydrogens is 461 g/mol. The lowest BCUT2D eigenvalue weighted by Gasteiger charge is -2.26. The number of alkyl halides is 1. The number of carbonyl (C=O) groups is 1. The van der Waals surface area contributed by atoms with E-state index in [0.29, 0.717) is 38.0 Å². The fraction of sp³-hybridized carbons (Fsp3) is 0.235. The second-order valence-electron chi connectivity index (χ2n) is 5.25. The Kier molecular flexibility index (Phi) is 6.34.